The van der Waals surface area contributed by atoms with Crippen molar-refractivity contribution in [2.45, 2.75) is 38.1 Å². The van der Waals surface area contributed by atoms with Crippen molar-refractivity contribution in [2.24, 2.45) is 0 Å². The number of benzene rings is 2. The summed E-state index contributed by atoms with van der Waals surface area (Å²) < 4.78 is 1.73. The van der Waals surface area contributed by atoms with Gasteiger partial charge in [0.15, 0.2) is 0 Å². The predicted octanol–water partition coefficient (Wildman–Crippen LogP) is 3.02. The maximum Gasteiger partial charge on any atom is 0.221 e. The zero-order valence-electron chi connectivity index (χ0n) is 15.2. The van der Waals surface area contributed by atoms with Crippen molar-refractivity contribution in [1.29, 1.82) is 0 Å². The van der Waals surface area contributed by atoms with Crippen LogP contribution in [0.25, 0.3) is 10.9 Å². The average molecular weight is 361 g/mol. The van der Waals surface area contributed by atoms with Gasteiger partial charge in [0.25, 0.3) is 0 Å². The van der Waals surface area contributed by atoms with Gasteiger partial charge < -0.3 is 5.32 Å². The fourth-order valence-corrected chi connectivity index (χ4v) is 3.94. The van der Waals surface area contributed by atoms with Gasteiger partial charge in [0.2, 0.25) is 11.3 Å². The van der Waals surface area contributed by atoms with E-state index < -0.39 is 0 Å². The van der Waals surface area contributed by atoms with Crippen LogP contribution in [0.2, 0.25) is 0 Å². The van der Waals surface area contributed by atoms with Crippen LogP contribution in [0.4, 0.5) is 0 Å². The van der Waals surface area contributed by atoms with E-state index in [0.717, 1.165) is 18.4 Å². The lowest BCUT2D eigenvalue weighted by atomic mass is 9.83. The molecule has 138 valence electrons. The Morgan fingerprint density at radius 2 is 1.96 bits per heavy atom. The molecule has 0 radical (unpaired) electrons. The molecule has 1 aromatic heterocycles. The number of hydrogen-bond acceptors (Lipinski definition) is 3. The summed E-state index contributed by atoms with van der Waals surface area (Å²) in [5.41, 5.74) is 3.45. The molecule has 1 unspecified atom stereocenters. The van der Waals surface area contributed by atoms with Gasteiger partial charge in [0.1, 0.15) is 0 Å². The summed E-state index contributed by atoms with van der Waals surface area (Å²) in [7, 11) is 0. The maximum atomic E-state index is 12.4. The minimum absolute atomic E-state index is 0.0163. The molecule has 3 aromatic rings. The van der Waals surface area contributed by atoms with E-state index in [1.54, 1.807) is 10.7 Å². The Morgan fingerprint density at radius 1 is 1.15 bits per heavy atom. The number of aromatic nitrogens is 2. The van der Waals surface area contributed by atoms with Gasteiger partial charge in [-0.1, -0.05) is 36.4 Å². The van der Waals surface area contributed by atoms with Crippen LogP contribution >= 0.6 is 0 Å². The second kappa shape index (κ2) is 7.74. The molecule has 0 spiro atoms. The van der Waals surface area contributed by atoms with E-state index >= 15 is 0 Å². The fourth-order valence-electron chi connectivity index (χ4n) is 3.94. The second-order valence-corrected chi connectivity index (χ2v) is 7.09. The average Bonchev–Trinajstić information content (AvgIpc) is 2.72. The molecule has 27 heavy (non-hydrogen) atoms. The number of nitrogens with one attached hydrogen (secondary N) is 1. The topological polar surface area (TPSA) is 64.0 Å². The van der Waals surface area contributed by atoms with Crippen LogP contribution in [0.5, 0.6) is 0 Å². The second-order valence-electron chi connectivity index (χ2n) is 7.09. The predicted molar refractivity (Wildman–Crippen MR) is 106 cm³/mol. The van der Waals surface area contributed by atoms with Crippen LogP contribution in [0.1, 0.15) is 36.3 Å². The van der Waals surface area contributed by atoms with E-state index in [2.05, 4.69) is 34.7 Å². The summed E-state index contributed by atoms with van der Waals surface area (Å²) in [4.78, 5) is 24.3. The first-order valence-corrected chi connectivity index (χ1v) is 9.52. The third-order valence-electron chi connectivity index (χ3n) is 5.35. The molecule has 0 fully saturated rings. The number of nitrogens with zero attached hydrogens (tertiary/aromatic N) is 2. The van der Waals surface area contributed by atoms with Gasteiger partial charge >= 0.3 is 0 Å². The molecule has 1 atom stereocenters. The molecule has 1 N–H and O–H groups in total. The first-order valence-electron chi connectivity index (χ1n) is 9.52. The molecule has 2 aromatic carbocycles. The molecule has 0 bridgehead atoms. The molecule has 4 rings (SSSR count). The Bertz CT molecular complexity index is 1030. The third-order valence-corrected chi connectivity index (χ3v) is 5.35. The van der Waals surface area contributed by atoms with Gasteiger partial charge in [-0.3, -0.25) is 14.3 Å². The fraction of sp³-hybridized carbons (Fsp3) is 0.318. The first kappa shape index (κ1) is 17.5. The number of aryl methyl sites for hydroxylation is 2. The standard InChI is InChI=1S/C22H23N3O2/c26-21-15-24-25(20-11-4-3-10-19(20)21)13-12-22(27)23-14-17-8-5-7-16-6-1-2-9-18(16)17/h1-4,6,9-11,15,17H,5,7-8,12-14H2,(H,23,27). The number of amides is 1. The highest BCUT2D eigenvalue weighted by Crippen LogP contribution is 2.30. The van der Waals surface area contributed by atoms with E-state index in [1.807, 2.05) is 18.2 Å². The number of fused-ring (bicyclic) bond motifs is 2. The molecule has 0 saturated carbocycles. The van der Waals surface area contributed by atoms with Gasteiger partial charge in [-0.15, -0.1) is 0 Å². The molecular formula is C22H23N3O2. The first-order chi connectivity index (χ1) is 13.2. The summed E-state index contributed by atoms with van der Waals surface area (Å²) in [6, 6.07) is 15.9. The minimum atomic E-state index is -0.0951. The SMILES string of the molecule is O=C(CCn1ncc(=O)c2ccccc21)NCC1CCCc2ccccc21. The number of hydrogen-bond donors (Lipinski definition) is 1. The van der Waals surface area contributed by atoms with E-state index in [1.165, 1.54) is 23.7 Å². The largest absolute Gasteiger partial charge is 0.355 e. The number of rotatable bonds is 5. The van der Waals surface area contributed by atoms with Crippen molar-refractivity contribution in [3.05, 3.63) is 76.1 Å². The van der Waals surface area contributed by atoms with Crippen molar-refractivity contribution in [3.63, 3.8) is 0 Å². The summed E-state index contributed by atoms with van der Waals surface area (Å²) in [6.07, 6.45) is 5.08. The highest BCUT2D eigenvalue weighted by molar-refractivity contribution is 5.79. The molecule has 1 aliphatic rings. The highest BCUT2D eigenvalue weighted by Gasteiger charge is 2.20. The lowest BCUT2D eigenvalue weighted by Crippen LogP contribution is -2.30. The Morgan fingerprint density at radius 3 is 2.89 bits per heavy atom. The van der Waals surface area contributed by atoms with E-state index in [4.69, 9.17) is 0 Å². The minimum Gasteiger partial charge on any atom is -0.355 e. The van der Waals surface area contributed by atoms with E-state index in [9.17, 15) is 9.59 Å². The molecule has 1 heterocycles. The number of carbonyl (C=O) groups is 1. The highest BCUT2D eigenvalue weighted by atomic mass is 16.1. The van der Waals surface area contributed by atoms with Crippen LogP contribution in [-0.2, 0) is 17.8 Å². The van der Waals surface area contributed by atoms with Crippen LogP contribution in [0, 0.1) is 0 Å². The quantitative estimate of drug-likeness (QED) is 0.760. The molecule has 0 aliphatic heterocycles. The lowest BCUT2D eigenvalue weighted by Gasteiger charge is -2.25. The Hall–Kier alpha value is -2.95. The Kier molecular flexibility index (Phi) is 5.01. The van der Waals surface area contributed by atoms with Crippen molar-refractivity contribution >= 4 is 16.8 Å². The van der Waals surface area contributed by atoms with Gasteiger partial charge in [0.05, 0.1) is 18.3 Å². The molecule has 5 nitrogen and oxygen atoms in total. The zero-order chi connectivity index (χ0) is 18.6. The molecule has 5 heteroatoms. The van der Waals surface area contributed by atoms with Crippen LogP contribution in [0.3, 0.4) is 0 Å². The van der Waals surface area contributed by atoms with Crippen molar-refractivity contribution in [1.82, 2.24) is 15.1 Å². The van der Waals surface area contributed by atoms with E-state index in [-0.39, 0.29) is 11.3 Å². The molecular weight excluding hydrogens is 338 g/mol. The zero-order valence-corrected chi connectivity index (χ0v) is 15.2. The maximum absolute atomic E-state index is 12.4. The number of para-hydroxylation sites is 1. The van der Waals surface area contributed by atoms with Gasteiger partial charge in [-0.25, -0.2) is 0 Å². The Balaban J connectivity index is 1.38. The van der Waals surface area contributed by atoms with Gasteiger partial charge in [-0.2, -0.15) is 5.10 Å². The van der Waals surface area contributed by atoms with Crippen LogP contribution in [-0.4, -0.2) is 22.2 Å². The summed E-state index contributed by atoms with van der Waals surface area (Å²) >= 11 is 0. The van der Waals surface area contributed by atoms with Crippen molar-refractivity contribution in [3.8, 4) is 0 Å². The third kappa shape index (κ3) is 3.77. The van der Waals surface area contributed by atoms with Crippen LogP contribution in [0.15, 0.2) is 59.5 Å². The van der Waals surface area contributed by atoms with Crippen molar-refractivity contribution in [2.75, 3.05) is 6.54 Å². The summed E-state index contributed by atoms with van der Waals surface area (Å²) in [5.74, 6) is 0.410. The van der Waals surface area contributed by atoms with Gasteiger partial charge in [0, 0.05) is 24.3 Å². The summed E-state index contributed by atoms with van der Waals surface area (Å²) in [5, 5.41) is 7.89. The van der Waals surface area contributed by atoms with Crippen molar-refractivity contribution < 1.29 is 4.79 Å². The molecule has 1 amide bonds. The summed E-state index contributed by atoms with van der Waals surface area (Å²) in [6.45, 7) is 1.13. The molecule has 1 aliphatic carbocycles. The normalized spacial score (nSPS) is 16.1. The van der Waals surface area contributed by atoms with Crippen LogP contribution < -0.4 is 10.7 Å². The Labute approximate surface area is 158 Å². The van der Waals surface area contributed by atoms with Gasteiger partial charge in [-0.05, 0) is 42.5 Å². The lowest BCUT2D eigenvalue weighted by molar-refractivity contribution is -0.121. The van der Waals surface area contributed by atoms with E-state index in [0.29, 0.717) is 30.8 Å². The smallest absolute Gasteiger partial charge is 0.221 e. The molecule has 0 saturated heterocycles. The number of carbonyl (C=O) groups excluding carboxylic acids is 1. The monoisotopic (exact) mass is 361 g/mol.